The molecule has 0 saturated carbocycles. The van der Waals surface area contributed by atoms with Crippen molar-refractivity contribution in [2.45, 2.75) is 43.7 Å². The molecule has 1 aromatic carbocycles. The van der Waals surface area contributed by atoms with Crippen LogP contribution in [0.2, 0.25) is 0 Å². The van der Waals surface area contributed by atoms with Gasteiger partial charge in [-0.05, 0) is 43.5 Å². The molecule has 2 aliphatic rings. The summed E-state index contributed by atoms with van der Waals surface area (Å²) in [5.41, 5.74) is 0.940. The third-order valence-electron chi connectivity index (χ3n) is 4.25. The fourth-order valence-electron chi connectivity index (χ4n) is 3.17. The van der Waals surface area contributed by atoms with E-state index in [1.807, 2.05) is 6.92 Å². The molecule has 3 heterocycles. The normalized spacial score (nSPS) is 20.0. The SMILES string of the molecule is Cc1nc2n(n1)CCC[C@H]2NS(=O)(=O)c1ccc2c(c1)CCO2. The van der Waals surface area contributed by atoms with Crippen LogP contribution in [0.25, 0.3) is 0 Å². The molecule has 7 nitrogen and oxygen atoms in total. The number of ether oxygens (including phenoxy) is 1. The average molecular weight is 334 g/mol. The lowest BCUT2D eigenvalue weighted by atomic mass is 10.1. The Labute approximate surface area is 134 Å². The maximum Gasteiger partial charge on any atom is 0.241 e. The molecule has 0 aliphatic carbocycles. The van der Waals surface area contributed by atoms with Crippen LogP contribution in [0.4, 0.5) is 0 Å². The molecule has 0 unspecified atom stereocenters. The van der Waals surface area contributed by atoms with Crippen LogP contribution < -0.4 is 9.46 Å². The molecule has 0 spiro atoms. The fraction of sp³-hybridized carbons (Fsp3) is 0.467. The second-order valence-corrected chi connectivity index (χ2v) is 7.64. The van der Waals surface area contributed by atoms with Crippen LogP contribution in [0.5, 0.6) is 5.75 Å². The van der Waals surface area contributed by atoms with E-state index in [-0.39, 0.29) is 10.9 Å². The third kappa shape index (κ3) is 2.61. The Morgan fingerprint density at radius 3 is 3.13 bits per heavy atom. The van der Waals surface area contributed by atoms with Crippen molar-refractivity contribution in [3.63, 3.8) is 0 Å². The van der Waals surface area contributed by atoms with Crippen LogP contribution in [-0.4, -0.2) is 29.8 Å². The number of aromatic nitrogens is 3. The first kappa shape index (κ1) is 14.6. The van der Waals surface area contributed by atoms with E-state index in [1.165, 1.54) is 0 Å². The highest BCUT2D eigenvalue weighted by atomic mass is 32.2. The summed E-state index contributed by atoms with van der Waals surface area (Å²) in [6.45, 7) is 3.21. The molecule has 1 aromatic heterocycles. The maximum absolute atomic E-state index is 12.7. The van der Waals surface area contributed by atoms with Crippen molar-refractivity contribution in [1.82, 2.24) is 19.5 Å². The van der Waals surface area contributed by atoms with Crippen LogP contribution in [-0.2, 0) is 23.0 Å². The predicted molar refractivity (Wildman–Crippen MR) is 82.7 cm³/mol. The van der Waals surface area contributed by atoms with Gasteiger partial charge in [0, 0.05) is 13.0 Å². The molecule has 122 valence electrons. The zero-order valence-corrected chi connectivity index (χ0v) is 13.6. The Hall–Kier alpha value is -1.93. The lowest BCUT2D eigenvalue weighted by molar-refractivity contribution is 0.356. The van der Waals surface area contributed by atoms with Crippen molar-refractivity contribution in [2.75, 3.05) is 6.61 Å². The van der Waals surface area contributed by atoms with Crippen molar-refractivity contribution in [1.29, 1.82) is 0 Å². The summed E-state index contributed by atoms with van der Waals surface area (Å²) in [5, 5.41) is 4.31. The number of nitrogens with one attached hydrogen (secondary N) is 1. The van der Waals surface area contributed by atoms with Gasteiger partial charge in [-0.25, -0.2) is 22.8 Å². The molecule has 1 N–H and O–H groups in total. The number of hydrogen-bond acceptors (Lipinski definition) is 5. The van der Waals surface area contributed by atoms with E-state index in [0.29, 0.717) is 18.3 Å². The quantitative estimate of drug-likeness (QED) is 0.915. The smallest absolute Gasteiger partial charge is 0.241 e. The number of sulfonamides is 1. The Morgan fingerprint density at radius 1 is 1.39 bits per heavy atom. The third-order valence-corrected chi connectivity index (χ3v) is 5.72. The van der Waals surface area contributed by atoms with Crippen LogP contribution in [0, 0.1) is 6.92 Å². The fourth-order valence-corrected chi connectivity index (χ4v) is 4.44. The molecule has 0 saturated heterocycles. The molecule has 2 aliphatic heterocycles. The number of benzene rings is 1. The summed E-state index contributed by atoms with van der Waals surface area (Å²) < 4.78 is 35.4. The summed E-state index contributed by atoms with van der Waals surface area (Å²) in [6, 6.07) is 4.68. The van der Waals surface area contributed by atoms with Gasteiger partial charge in [0.1, 0.15) is 17.4 Å². The second kappa shape index (κ2) is 5.31. The van der Waals surface area contributed by atoms with Gasteiger partial charge >= 0.3 is 0 Å². The van der Waals surface area contributed by atoms with Crippen molar-refractivity contribution in [3.8, 4) is 5.75 Å². The zero-order valence-electron chi connectivity index (χ0n) is 12.8. The lowest BCUT2D eigenvalue weighted by Crippen LogP contribution is -2.33. The van der Waals surface area contributed by atoms with Gasteiger partial charge in [-0.1, -0.05) is 0 Å². The van der Waals surface area contributed by atoms with E-state index in [1.54, 1.807) is 22.9 Å². The van der Waals surface area contributed by atoms with Crippen molar-refractivity contribution in [2.24, 2.45) is 0 Å². The van der Waals surface area contributed by atoms with Crippen LogP contribution in [0.1, 0.15) is 36.1 Å². The topological polar surface area (TPSA) is 86.1 Å². The van der Waals surface area contributed by atoms with E-state index in [9.17, 15) is 8.42 Å². The summed E-state index contributed by atoms with van der Waals surface area (Å²) in [4.78, 5) is 4.65. The molecule has 2 aromatic rings. The first-order valence-electron chi connectivity index (χ1n) is 7.72. The second-order valence-electron chi connectivity index (χ2n) is 5.92. The highest BCUT2D eigenvalue weighted by molar-refractivity contribution is 7.89. The summed E-state index contributed by atoms with van der Waals surface area (Å²) in [7, 11) is -3.60. The standard InChI is InChI=1S/C15H18N4O3S/c1-10-16-15-13(3-2-7-19(15)17-10)18-23(20,21)12-4-5-14-11(9-12)6-8-22-14/h4-5,9,13,18H,2-3,6-8H2,1H3/t13-/m1/s1. The summed E-state index contributed by atoms with van der Waals surface area (Å²) in [5.74, 6) is 2.14. The molecule has 0 fully saturated rings. The van der Waals surface area contributed by atoms with E-state index in [0.717, 1.165) is 37.1 Å². The van der Waals surface area contributed by atoms with E-state index in [2.05, 4.69) is 14.8 Å². The van der Waals surface area contributed by atoms with Crippen molar-refractivity contribution < 1.29 is 13.2 Å². The molecular formula is C15H18N4O3S. The lowest BCUT2D eigenvalue weighted by Gasteiger charge is -2.23. The number of fused-ring (bicyclic) bond motifs is 2. The summed E-state index contributed by atoms with van der Waals surface area (Å²) >= 11 is 0. The minimum Gasteiger partial charge on any atom is -0.493 e. The van der Waals surface area contributed by atoms with Crippen LogP contribution >= 0.6 is 0 Å². The first-order chi connectivity index (χ1) is 11.0. The average Bonchev–Trinajstić information content (AvgIpc) is 3.11. The minimum atomic E-state index is -3.60. The predicted octanol–water partition coefficient (Wildman–Crippen LogP) is 1.33. The highest BCUT2D eigenvalue weighted by Crippen LogP contribution is 2.29. The largest absolute Gasteiger partial charge is 0.493 e. The minimum absolute atomic E-state index is 0.273. The van der Waals surface area contributed by atoms with Gasteiger partial charge in [0.05, 0.1) is 17.5 Å². The van der Waals surface area contributed by atoms with Gasteiger partial charge < -0.3 is 4.74 Å². The number of rotatable bonds is 3. The van der Waals surface area contributed by atoms with Gasteiger partial charge in [-0.3, -0.25) is 0 Å². The van der Waals surface area contributed by atoms with Gasteiger partial charge in [0.2, 0.25) is 10.0 Å². The molecular weight excluding hydrogens is 316 g/mol. The van der Waals surface area contributed by atoms with Gasteiger partial charge in [0.25, 0.3) is 0 Å². The molecule has 4 rings (SSSR count). The Balaban J connectivity index is 1.63. The Morgan fingerprint density at radius 2 is 2.26 bits per heavy atom. The van der Waals surface area contributed by atoms with Crippen LogP contribution in [0.3, 0.4) is 0 Å². The molecule has 1 atom stereocenters. The highest BCUT2D eigenvalue weighted by Gasteiger charge is 2.29. The Kier molecular flexibility index (Phi) is 3.38. The van der Waals surface area contributed by atoms with E-state index in [4.69, 9.17) is 4.74 Å². The number of aryl methyl sites for hydroxylation is 2. The summed E-state index contributed by atoms with van der Waals surface area (Å²) in [6.07, 6.45) is 2.35. The van der Waals surface area contributed by atoms with E-state index >= 15 is 0 Å². The van der Waals surface area contributed by atoms with Gasteiger partial charge in [0.15, 0.2) is 0 Å². The monoisotopic (exact) mass is 334 g/mol. The number of nitrogens with zero attached hydrogens (tertiary/aromatic N) is 3. The molecule has 23 heavy (non-hydrogen) atoms. The molecule has 0 radical (unpaired) electrons. The van der Waals surface area contributed by atoms with Crippen molar-refractivity contribution >= 4 is 10.0 Å². The molecule has 8 heteroatoms. The molecule has 0 bridgehead atoms. The van der Waals surface area contributed by atoms with Crippen molar-refractivity contribution in [3.05, 3.63) is 35.4 Å². The zero-order chi connectivity index (χ0) is 16.0. The maximum atomic E-state index is 12.7. The number of hydrogen-bond donors (Lipinski definition) is 1. The first-order valence-corrected chi connectivity index (χ1v) is 9.21. The van der Waals surface area contributed by atoms with Gasteiger partial charge in [-0.2, -0.15) is 5.10 Å². The Bertz CT molecular complexity index is 860. The van der Waals surface area contributed by atoms with Crippen LogP contribution in [0.15, 0.2) is 23.1 Å². The molecule has 0 amide bonds. The van der Waals surface area contributed by atoms with Gasteiger partial charge in [-0.15, -0.1) is 0 Å². The van der Waals surface area contributed by atoms with E-state index < -0.39 is 10.0 Å².